The fourth-order valence-electron chi connectivity index (χ4n) is 3.68. The van der Waals surface area contributed by atoms with E-state index in [-0.39, 0.29) is 18.4 Å². The summed E-state index contributed by atoms with van der Waals surface area (Å²) < 4.78 is 32.5. The molecule has 4 rings (SSSR count). The summed E-state index contributed by atoms with van der Waals surface area (Å²) in [6.07, 6.45) is 0.489. The van der Waals surface area contributed by atoms with Crippen LogP contribution in [0.25, 0.3) is 11.2 Å². The second-order valence-electron chi connectivity index (χ2n) is 9.26. The van der Waals surface area contributed by atoms with Gasteiger partial charge in [0, 0.05) is 0 Å². The van der Waals surface area contributed by atoms with E-state index in [9.17, 15) is 4.79 Å². The lowest BCUT2D eigenvalue weighted by molar-refractivity contribution is -0.167. The molecular formula is C18H29N5O6Si2. The minimum atomic E-state index is -2.33. The third kappa shape index (κ3) is 4.38. The predicted molar refractivity (Wildman–Crippen MR) is 115 cm³/mol. The number of hydrogen-bond acceptors (Lipinski definition) is 10. The van der Waals surface area contributed by atoms with Crippen LogP contribution in [0.5, 0.6) is 0 Å². The van der Waals surface area contributed by atoms with Crippen molar-refractivity contribution >= 4 is 40.8 Å². The maximum absolute atomic E-state index is 12.8. The lowest BCUT2D eigenvalue weighted by Gasteiger charge is -2.35. The first-order chi connectivity index (χ1) is 14.5. The highest BCUT2D eigenvalue weighted by Crippen LogP contribution is 2.38. The van der Waals surface area contributed by atoms with Crippen LogP contribution in [0.2, 0.25) is 19.6 Å². The molecule has 31 heavy (non-hydrogen) atoms. The van der Waals surface area contributed by atoms with Crippen LogP contribution in [0.4, 0.5) is 5.82 Å². The highest BCUT2D eigenvalue weighted by Gasteiger charge is 2.52. The Hall–Kier alpha value is -1.91. The number of ether oxygens (including phenoxy) is 2. The molecule has 170 valence electrons. The van der Waals surface area contributed by atoms with Crippen LogP contribution >= 0.6 is 0 Å². The summed E-state index contributed by atoms with van der Waals surface area (Å²) in [5.41, 5.74) is 6.19. The second kappa shape index (κ2) is 7.90. The lowest BCUT2D eigenvalue weighted by Crippen LogP contribution is -2.52. The van der Waals surface area contributed by atoms with Crippen LogP contribution in [0, 0.1) is 5.41 Å². The summed E-state index contributed by atoms with van der Waals surface area (Å²) in [6, 6.07) is 0. The molecule has 5 atom stereocenters. The first-order valence-corrected chi connectivity index (χ1v) is 15.1. The van der Waals surface area contributed by atoms with E-state index < -0.39 is 47.8 Å². The van der Waals surface area contributed by atoms with Gasteiger partial charge in [-0.25, -0.2) is 15.0 Å². The number of carbonyl (C=O) groups is 1. The van der Waals surface area contributed by atoms with E-state index >= 15 is 0 Å². The SMILES string of the molecule is C[SiH]1O[C@H]2[C@@H](OC(=O)C(C)(C)C)[C@H](n3cnc4c(N)ncnc43)O[C@@H]2CO[Si](C)(C)O1. The molecule has 2 aliphatic rings. The number of carbonyl (C=O) groups excluding carboxylic acids is 1. The molecule has 0 radical (unpaired) electrons. The molecule has 13 heteroatoms. The molecule has 0 aliphatic carbocycles. The van der Waals surface area contributed by atoms with Gasteiger partial charge in [-0.15, -0.1) is 0 Å². The second-order valence-corrected chi connectivity index (χ2v) is 14.7. The molecule has 4 heterocycles. The average Bonchev–Trinajstić information content (AvgIpc) is 3.21. The topological polar surface area (TPSA) is 133 Å². The number of rotatable bonds is 2. The molecule has 0 spiro atoms. The Balaban J connectivity index is 1.73. The zero-order valence-electron chi connectivity index (χ0n) is 18.6. The highest BCUT2D eigenvalue weighted by molar-refractivity contribution is 6.71. The van der Waals surface area contributed by atoms with Crippen molar-refractivity contribution in [2.75, 3.05) is 12.3 Å². The molecule has 11 nitrogen and oxygen atoms in total. The fraction of sp³-hybridized carbons (Fsp3) is 0.667. The van der Waals surface area contributed by atoms with E-state index in [0.717, 1.165) is 0 Å². The van der Waals surface area contributed by atoms with Crippen LogP contribution in [-0.2, 0) is 27.2 Å². The molecule has 0 aromatic carbocycles. The van der Waals surface area contributed by atoms with Gasteiger partial charge in [-0.05, 0) is 40.4 Å². The Morgan fingerprint density at radius 3 is 2.77 bits per heavy atom. The van der Waals surface area contributed by atoms with E-state index in [2.05, 4.69) is 15.0 Å². The summed E-state index contributed by atoms with van der Waals surface area (Å²) in [5.74, 6) is -0.0976. The molecule has 1 unspecified atom stereocenters. The molecule has 2 aromatic rings. The number of nitrogen functional groups attached to an aromatic ring is 1. The van der Waals surface area contributed by atoms with Gasteiger partial charge < -0.3 is 28.2 Å². The Bertz CT molecular complexity index is 980. The molecule has 0 amide bonds. The van der Waals surface area contributed by atoms with Crippen molar-refractivity contribution in [2.24, 2.45) is 5.41 Å². The zero-order valence-corrected chi connectivity index (χ0v) is 20.7. The Kier molecular flexibility index (Phi) is 5.68. The van der Waals surface area contributed by atoms with Crippen molar-refractivity contribution in [2.45, 2.75) is 65.0 Å². The number of anilines is 1. The fourth-order valence-corrected chi connectivity index (χ4v) is 8.71. The summed E-state index contributed by atoms with van der Waals surface area (Å²) >= 11 is 0. The van der Waals surface area contributed by atoms with Crippen molar-refractivity contribution in [3.05, 3.63) is 12.7 Å². The summed E-state index contributed by atoms with van der Waals surface area (Å²) in [6.45, 7) is 11.6. The molecule has 2 aliphatic heterocycles. The first-order valence-electron chi connectivity index (χ1n) is 10.2. The molecule has 0 saturated carbocycles. The van der Waals surface area contributed by atoms with Gasteiger partial charge >= 0.3 is 23.8 Å². The van der Waals surface area contributed by atoms with Gasteiger partial charge in [-0.1, -0.05) is 0 Å². The van der Waals surface area contributed by atoms with E-state index in [0.29, 0.717) is 11.2 Å². The van der Waals surface area contributed by atoms with E-state index in [1.54, 1.807) is 31.7 Å². The number of hydrogen-bond donors (Lipinski definition) is 1. The van der Waals surface area contributed by atoms with Crippen molar-refractivity contribution < 1.29 is 27.2 Å². The monoisotopic (exact) mass is 467 g/mol. The molecule has 2 N–H and O–H groups in total. The van der Waals surface area contributed by atoms with Crippen molar-refractivity contribution in [3.63, 3.8) is 0 Å². The zero-order chi connectivity index (χ0) is 22.6. The van der Waals surface area contributed by atoms with Gasteiger partial charge in [0.05, 0.1) is 18.3 Å². The summed E-state index contributed by atoms with van der Waals surface area (Å²) in [4.78, 5) is 25.4. The largest absolute Gasteiger partial charge is 0.454 e. The van der Waals surface area contributed by atoms with Gasteiger partial charge in [-0.3, -0.25) is 9.36 Å². The maximum atomic E-state index is 12.8. The number of esters is 1. The van der Waals surface area contributed by atoms with Crippen LogP contribution in [0.3, 0.4) is 0 Å². The third-order valence-corrected chi connectivity index (χ3v) is 10.4. The highest BCUT2D eigenvalue weighted by atomic mass is 28.4. The smallest absolute Gasteiger partial charge is 0.322 e. The lowest BCUT2D eigenvalue weighted by atomic mass is 9.97. The predicted octanol–water partition coefficient (Wildman–Crippen LogP) is 1.25. The van der Waals surface area contributed by atoms with Gasteiger partial charge in [0.2, 0.25) is 0 Å². The number of aromatic nitrogens is 4. The van der Waals surface area contributed by atoms with Crippen LogP contribution in [0.1, 0.15) is 27.0 Å². The van der Waals surface area contributed by atoms with Gasteiger partial charge in [0.15, 0.2) is 23.8 Å². The number of imidazole rings is 1. The Morgan fingerprint density at radius 1 is 1.32 bits per heavy atom. The van der Waals surface area contributed by atoms with Crippen molar-refractivity contribution in [3.8, 4) is 0 Å². The molecule has 2 aromatic heterocycles. The minimum absolute atomic E-state index is 0.262. The summed E-state index contributed by atoms with van der Waals surface area (Å²) in [5, 5.41) is 0. The number of nitrogens with zero attached hydrogens (tertiary/aromatic N) is 4. The van der Waals surface area contributed by atoms with Crippen molar-refractivity contribution in [1.29, 1.82) is 0 Å². The maximum Gasteiger partial charge on any atom is 0.322 e. The van der Waals surface area contributed by atoms with Gasteiger partial charge in [0.25, 0.3) is 0 Å². The van der Waals surface area contributed by atoms with Crippen molar-refractivity contribution in [1.82, 2.24) is 19.5 Å². The standard InChI is InChI=1S/C18H29N5O6Si2/c1-18(2,3)17(24)27-13-12-10(7-25-31(5,6)29-30(4)28-12)26-16(13)23-9-22-11-14(19)20-8-21-15(11)23/h8-10,12-13,16,30H,7H2,1-6H3,(H2,19,20,21)/t10-,12-,13-,16-,30?/m1/s1. The molecule has 2 fully saturated rings. The number of fused-ring (bicyclic) bond motifs is 2. The Labute approximate surface area is 183 Å². The van der Waals surface area contributed by atoms with Gasteiger partial charge in [0.1, 0.15) is 24.1 Å². The van der Waals surface area contributed by atoms with Gasteiger partial charge in [-0.2, -0.15) is 0 Å². The van der Waals surface area contributed by atoms with E-state index in [1.165, 1.54) is 6.33 Å². The van der Waals surface area contributed by atoms with E-state index in [1.807, 2.05) is 19.6 Å². The Morgan fingerprint density at radius 2 is 2.06 bits per heavy atom. The summed E-state index contributed by atoms with van der Waals surface area (Å²) in [7, 11) is -4.39. The molecule has 0 bridgehead atoms. The third-order valence-electron chi connectivity index (χ3n) is 5.20. The normalized spacial score (nSPS) is 31.1. The molecular weight excluding hydrogens is 438 g/mol. The van der Waals surface area contributed by atoms with E-state index in [4.69, 9.17) is 28.2 Å². The number of nitrogens with two attached hydrogens (primary N) is 1. The minimum Gasteiger partial charge on any atom is -0.454 e. The van der Waals surface area contributed by atoms with Crippen LogP contribution in [-0.4, -0.2) is 68.3 Å². The quantitative estimate of drug-likeness (QED) is 0.508. The first kappa shape index (κ1) is 22.3. The van der Waals surface area contributed by atoms with Crippen LogP contribution in [0.15, 0.2) is 12.7 Å². The average molecular weight is 468 g/mol. The molecule has 2 saturated heterocycles. The van der Waals surface area contributed by atoms with Crippen LogP contribution < -0.4 is 5.73 Å².